The molecule has 1 saturated heterocycles. The molecule has 1 fully saturated rings. The second-order valence-electron chi connectivity index (χ2n) is 6.29. The summed E-state index contributed by atoms with van der Waals surface area (Å²) in [5.41, 5.74) is 1.05. The van der Waals surface area contributed by atoms with Gasteiger partial charge in [-0.3, -0.25) is 9.78 Å². The third-order valence-electron chi connectivity index (χ3n) is 4.67. The average Bonchev–Trinajstić information content (AvgIpc) is 2.93. The number of pyridine rings is 1. The summed E-state index contributed by atoms with van der Waals surface area (Å²) in [6.45, 7) is 3.32. The number of rotatable bonds is 2. The molecule has 2 aliphatic rings. The van der Waals surface area contributed by atoms with E-state index in [1.165, 1.54) is 6.20 Å². The number of fused-ring (bicyclic) bond motifs is 1. The van der Waals surface area contributed by atoms with Gasteiger partial charge in [-0.15, -0.1) is 0 Å². The second-order valence-corrected chi connectivity index (χ2v) is 6.29. The zero-order valence-corrected chi connectivity index (χ0v) is 14.4. The number of hydrogen-bond acceptors (Lipinski definition) is 5. The van der Waals surface area contributed by atoms with Gasteiger partial charge in [0.1, 0.15) is 13.2 Å². The maximum absolute atomic E-state index is 14.0. The molecule has 7 heteroatoms. The Bertz CT molecular complexity index is 814. The van der Waals surface area contributed by atoms with E-state index in [1.54, 1.807) is 29.3 Å². The van der Waals surface area contributed by atoms with Crippen molar-refractivity contribution in [1.29, 1.82) is 0 Å². The quantitative estimate of drug-likeness (QED) is 0.826. The van der Waals surface area contributed by atoms with Gasteiger partial charge < -0.3 is 19.3 Å². The van der Waals surface area contributed by atoms with Gasteiger partial charge in [-0.2, -0.15) is 0 Å². The van der Waals surface area contributed by atoms with Crippen LogP contribution in [-0.4, -0.2) is 55.2 Å². The topological polar surface area (TPSA) is 54.9 Å². The van der Waals surface area contributed by atoms with Gasteiger partial charge in [0.2, 0.25) is 0 Å². The molecule has 0 N–H and O–H groups in total. The molecule has 26 heavy (non-hydrogen) atoms. The zero-order chi connectivity index (χ0) is 17.9. The Kier molecular flexibility index (Phi) is 4.60. The first-order valence-corrected chi connectivity index (χ1v) is 8.76. The fourth-order valence-electron chi connectivity index (χ4n) is 3.40. The van der Waals surface area contributed by atoms with Gasteiger partial charge in [0, 0.05) is 32.4 Å². The van der Waals surface area contributed by atoms with Gasteiger partial charge in [0.15, 0.2) is 17.3 Å². The summed E-state index contributed by atoms with van der Waals surface area (Å²) in [7, 11) is 0. The highest BCUT2D eigenvalue weighted by atomic mass is 19.1. The van der Waals surface area contributed by atoms with Crippen LogP contribution in [0.5, 0.6) is 11.5 Å². The summed E-state index contributed by atoms with van der Waals surface area (Å²) in [5.74, 6) is 0.710. The highest BCUT2D eigenvalue weighted by molar-refractivity contribution is 5.98. The van der Waals surface area contributed by atoms with Crippen molar-refractivity contribution in [1.82, 2.24) is 9.88 Å². The van der Waals surface area contributed by atoms with Crippen molar-refractivity contribution in [2.75, 3.05) is 44.3 Å². The molecular weight excluding hydrogens is 337 g/mol. The number of halogens is 1. The number of nitrogens with zero attached hydrogens (tertiary/aromatic N) is 3. The third kappa shape index (κ3) is 3.16. The Hall–Kier alpha value is -2.83. The van der Waals surface area contributed by atoms with Crippen LogP contribution in [0.3, 0.4) is 0 Å². The largest absolute Gasteiger partial charge is 0.486 e. The molecule has 2 aromatic rings. The first-order chi connectivity index (χ1) is 12.7. The van der Waals surface area contributed by atoms with E-state index in [4.69, 9.17) is 9.47 Å². The first kappa shape index (κ1) is 16.6. The van der Waals surface area contributed by atoms with E-state index in [0.717, 1.165) is 6.42 Å². The number of carbonyl (C=O) groups is 1. The summed E-state index contributed by atoms with van der Waals surface area (Å²) in [4.78, 5) is 20.6. The maximum Gasteiger partial charge on any atom is 0.257 e. The number of hydrogen-bond donors (Lipinski definition) is 0. The van der Waals surface area contributed by atoms with Crippen LogP contribution in [-0.2, 0) is 0 Å². The third-order valence-corrected chi connectivity index (χ3v) is 4.67. The van der Waals surface area contributed by atoms with Crippen LogP contribution in [0.4, 0.5) is 10.1 Å². The van der Waals surface area contributed by atoms with Crippen molar-refractivity contribution in [3.05, 3.63) is 48.0 Å². The molecule has 0 atom stereocenters. The van der Waals surface area contributed by atoms with Crippen molar-refractivity contribution >= 4 is 11.6 Å². The number of amides is 1. The Morgan fingerprint density at radius 2 is 1.96 bits per heavy atom. The van der Waals surface area contributed by atoms with Crippen molar-refractivity contribution in [3.8, 4) is 11.5 Å². The van der Waals surface area contributed by atoms with Gasteiger partial charge in [0.25, 0.3) is 5.91 Å². The molecule has 1 aromatic heterocycles. The number of anilines is 1. The second kappa shape index (κ2) is 7.19. The molecule has 0 saturated carbocycles. The van der Waals surface area contributed by atoms with Gasteiger partial charge in [-0.05, 0) is 24.6 Å². The summed E-state index contributed by atoms with van der Waals surface area (Å²) < 4.78 is 25.2. The molecule has 0 spiro atoms. The van der Waals surface area contributed by atoms with Crippen molar-refractivity contribution in [2.24, 2.45) is 0 Å². The molecule has 0 radical (unpaired) electrons. The van der Waals surface area contributed by atoms with E-state index in [-0.39, 0.29) is 11.7 Å². The molecule has 0 unspecified atom stereocenters. The number of para-hydroxylation sites is 1. The van der Waals surface area contributed by atoms with Gasteiger partial charge >= 0.3 is 0 Å². The lowest BCUT2D eigenvalue weighted by Crippen LogP contribution is -2.36. The molecule has 6 nitrogen and oxygen atoms in total. The Morgan fingerprint density at radius 3 is 2.85 bits per heavy atom. The number of benzene rings is 1. The fourth-order valence-corrected chi connectivity index (χ4v) is 3.40. The molecular formula is C19H20FN3O3. The average molecular weight is 357 g/mol. The van der Waals surface area contributed by atoms with E-state index >= 15 is 0 Å². The Morgan fingerprint density at radius 1 is 1.08 bits per heavy atom. The van der Waals surface area contributed by atoms with E-state index in [1.807, 2.05) is 11.0 Å². The molecule has 4 rings (SSSR count). The van der Waals surface area contributed by atoms with E-state index in [0.29, 0.717) is 62.1 Å². The highest BCUT2D eigenvalue weighted by Gasteiger charge is 2.26. The minimum Gasteiger partial charge on any atom is -0.486 e. The monoisotopic (exact) mass is 357 g/mol. The molecule has 136 valence electrons. The summed E-state index contributed by atoms with van der Waals surface area (Å²) >= 11 is 0. The van der Waals surface area contributed by atoms with Crippen molar-refractivity contribution in [3.63, 3.8) is 0 Å². The SMILES string of the molecule is O=C(c1cccc2c1OCCO2)N1CCCN(c2ccncc2F)CC1. The zero-order valence-electron chi connectivity index (χ0n) is 14.4. The van der Waals surface area contributed by atoms with Crippen LogP contribution in [0, 0.1) is 5.82 Å². The van der Waals surface area contributed by atoms with Gasteiger partial charge in [0.05, 0.1) is 17.4 Å². The lowest BCUT2D eigenvalue weighted by atomic mass is 10.1. The van der Waals surface area contributed by atoms with Crippen molar-refractivity contribution in [2.45, 2.75) is 6.42 Å². The molecule has 1 aromatic carbocycles. The maximum atomic E-state index is 14.0. The minimum atomic E-state index is -0.338. The van der Waals surface area contributed by atoms with Gasteiger partial charge in [-0.25, -0.2) is 4.39 Å². The molecule has 2 aliphatic heterocycles. The summed E-state index contributed by atoms with van der Waals surface area (Å²) in [6.07, 6.45) is 3.57. The fraction of sp³-hybridized carbons (Fsp3) is 0.368. The Labute approximate surface area is 151 Å². The number of aromatic nitrogens is 1. The molecule has 0 aliphatic carbocycles. The number of ether oxygens (including phenoxy) is 2. The molecule has 3 heterocycles. The van der Waals surface area contributed by atoms with E-state index in [2.05, 4.69) is 4.98 Å². The van der Waals surface area contributed by atoms with Crippen LogP contribution in [0.25, 0.3) is 0 Å². The van der Waals surface area contributed by atoms with Crippen LogP contribution in [0.1, 0.15) is 16.8 Å². The Balaban J connectivity index is 1.51. The summed E-state index contributed by atoms with van der Waals surface area (Å²) in [5, 5.41) is 0. The van der Waals surface area contributed by atoms with Crippen LogP contribution < -0.4 is 14.4 Å². The first-order valence-electron chi connectivity index (χ1n) is 8.76. The highest BCUT2D eigenvalue weighted by Crippen LogP contribution is 2.34. The minimum absolute atomic E-state index is 0.0793. The molecule has 0 bridgehead atoms. The van der Waals surface area contributed by atoms with Crippen LogP contribution in [0.2, 0.25) is 0 Å². The normalized spacial score (nSPS) is 17.0. The predicted octanol–water partition coefficient (Wildman–Crippen LogP) is 2.34. The van der Waals surface area contributed by atoms with Crippen molar-refractivity contribution < 1.29 is 18.7 Å². The van der Waals surface area contributed by atoms with E-state index in [9.17, 15) is 9.18 Å². The standard InChI is InChI=1S/C19H20FN3O3/c20-15-13-21-6-5-16(15)22-7-2-8-23(10-9-22)19(24)14-3-1-4-17-18(14)26-12-11-25-17/h1,3-6,13H,2,7-12H2. The van der Waals surface area contributed by atoms with Crippen LogP contribution in [0.15, 0.2) is 36.7 Å². The lowest BCUT2D eigenvalue weighted by Gasteiger charge is -2.25. The lowest BCUT2D eigenvalue weighted by molar-refractivity contribution is 0.0756. The van der Waals surface area contributed by atoms with Crippen LogP contribution >= 0.6 is 0 Å². The molecule has 1 amide bonds. The smallest absolute Gasteiger partial charge is 0.257 e. The predicted molar refractivity (Wildman–Crippen MR) is 94.4 cm³/mol. The van der Waals surface area contributed by atoms with E-state index < -0.39 is 0 Å². The number of carbonyl (C=O) groups excluding carboxylic acids is 1. The van der Waals surface area contributed by atoms with Gasteiger partial charge in [-0.1, -0.05) is 6.07 Å². The summed E-state index contributed by atoms with van der Waals surface area (Å²) in [6, 6.07) is 7.05.